The molecule has 140 valence electrons. The minimum atomic E-state index is -0.722. The van der Waals surface area contributed by atoms with Crippen LogP contribution in [0.25, 0.3) is 0 Å². The molecule has 2 N–H and O–H groups in total. The van der Waals surface area contributed by atoms with Gasteiger partial charge in [-0.25, -0.2) is 0 Å². The number of amides is 1. The van der Waals surface area contributed by atoms with Crippen LogP contribution in [0.3, 0.4) is 0 Å². The van der Waals surface area contributed by atoms with Crippen LogP contribution in [0.2, 0.25) is 0 Å². The highest BCUT2D eigenvalue weighted by atomic mass is 32.1. The number of carbonyl (C=O) groups is 1. The highest BCUT2D eigenvalue weighted by Gasteiger charge is 2.47. The Morgan fingerprint density at radius 3 is 2.76 bits per heavy atom. The predicted octanol–water partition coefficient (Wildman–Crippen LogP) is -0.325. The first-order valence-electron chi connectivity index (χ1n) is 7.72. The van der Waals surface area contributed by atoms with Gasteiger partial charge < -0.3 is 28.8 Å². The maximum absolute atomic E-state index is 12.4. The Kier molecular flexibility index (Phi) is 6.85. The van der Waals surface area contributed by atoms with Crippen molar-refractivity contribution in [3.05, 3.63) is 26.9 Å². The predicted molar refractivity (Wildman–Crippen MR) is 91.0 cm³/mol. The van der Waals surface area contributed by atoms with E-state index in [2.05, 4.69) is 10.3 Å². The minimum absolute atomic E-state index is 0.177. The molecule has 0 aromatic carbocycles. The van der Waals surface area contributed by atoms with Crippen LogP contribution in [0.1, 0.15) is 11.7 Å². The molecular weight excluding hydrogens is 350 g/mol. The first-order valence-corrected chi connectivity index (χ1v) is 8.13. The smallest absolute Gasteiger partial charge is 0.257 e. The molecule has 9 nitrogen and oxygen atoms in total. The van der Waals surface area contributed by atoms with Crippen LogP contribution < -0.4 is 10.9 Å². The molecule has 1 saturated heterocycles. The summed E-state index contributed by atoms with van der Waals surface area (Å²) in [5, 5.41) is 2.48. The van der Waals surface area contributed by atoms with Gasteiger partial charge in [-0.15, -0.1) is 0 Å². The van der Waals surface area contributed by atoms with Crippen LogP contribution in [-0.2, 0) is 30.8 Å². The number of H-pyrrole nitrogens is 1. The van der Waals surface area contributed by atoms with Gasteiger partial charge in [-0.3, -0.25) is 14.6 Å². The van der Waals surface area contributed by atoms with E-state index in [1.807, 2.05) is 0 Å². The summed E-state index contributed by atoms with van der Waals surface area (Å²) >= 11 is 5.05. The molecule has 1 aromatic heterocycles. The number of likely N-dealkylation sites (N-methyl/N-ethyl adjacent to an activating group) is 1. The summed E-state index contributed by atoms with van der Waals surface area (Å²) < 4.78 is 24.3. The van der Waals surface area contributed by atoms with Gasteiger partial charge in [-0.1, -0.05) is 0 Å². The van der Waals surface area contributed by atoms with E-state index in [0.29, 0.717) is 10.3 Å². The van der Waals surface area contributed by atoms with E-state index >= 15 is 0 Å². The first-order chi connectivity index (χ1) is 11.9. The summed E-state index contributed by atoms with van der Waals surface area (Å²) in [7, 11) is 6.30. The maximum Gasteiger partial charge on any atom is 0.257 e. The molecule has 2 unspecified atom stereocenters. The van der Waals surface area contributed by atoms with Gasteiger partial charge in [0.1, 0.15) is 31.0 Å². The van der Waals surface area contributed by atoms with Crippen LogP contribution in [-0.4, -0.2) is 68.3 Å². The maximum atomic E-state index is 12.4. The molecule has 1 fully saturated rings. The van der Waals surface area contributed by atoms with E-state index < -0.39 is 24.4 Å². The molecule has 0 spiro atoms. The molecule has 1 aliphatic rings. The number of aromatic nitrogens is 2. The molecule has 0 radical (unpaired) electrons. The van der Waals surface area contributed by atoms with Gasteiger partial charge >= 0.3 is 0 Å². The van der Waals surface area contributed by atoms with Crippen molar-refractivity contribution < 1.29 is 23.7 Å². The number of nitrogens with one attached hydrogen (secondary N) is 2. The highest BCUT2D eigenvalue weighted by Crippen LogP contribution is 2.35. The molecule has 1 aliphatic heterocycles. The number of rotatable bonds is 7. The van der Waals surface area contributed by atoms with Gasteiger partial charge in [0, 0.05) is 34.5 Å². The molecule has 25 heavy (non-hydrogen) atoms. The van der Waals surface area contributed by atoms with E-state index in [1.54, 1.807) is 24.9 Å². The Bertz CT molecular complexity index is 718. The number of hydrogen-bond donors (Lipinski definition) is 2. The largest absolute Gasteiger partial charge is 0.382 e. The third-order valence-corrected chi connectivity index (χ3v) is 4.43. The lowest BCUT2D eigenvalue weighted by Gasteiger charge is -2.23. The summed E-state index contributed by atoms with van der Waals surface area (Å²) in [5.74, 6) is -0.288. The lowest BCUT2D eigenvalue weighted by atomic mass is 10.0. The fourth-order valence-corrected chi connectivity index (χ4v) is 2.92. The molecule has 0 saturated carbocycles. The molecule has 2 rings (SSSR count). The van der Waals surface area contributed by atoms with Gasteiger partial charge in [0.25, 0.3) is 5.56 Å². The summed E-state index contributed by atoms with van der Waals surface area (Å²) in [6.07, 6.45) is -0.714. The summed E-state index contributed by atoms with van der Waals surface area (Å²) in [6.45, 7) is 0.0851. The number of aryl methyl sites for hydroxylation is 1. The Balaban J connectivity index is 2.37. The van der Waals surface area contributed by atoms with E-state index in [4.69, 9.17) is 31.2 Å². The van der Waals surface area contributed by atoms with Crippen LogP contribution in [0.5, 0.6) is 0 Å². The average molecular weight is 373 g/mol. The SMILES string of the molecule is CNC(=O)COC1C(OC)[C@@H](COC)O[C@H]1c1cn(C)c(=S)[nH]c1=O. The van der Waals surface area contributed by atoms with Gasteiger partial charge in [-0.05, 0) is 12.2 Å². The Morgan fingerprint density at radius 1 is 1.44 bits per heavy atom. The second-order valence-corrected chi connectivity index (χ2v) is 6.04. The van der Waals surface area contributed by atoms with Crippen molar-refractivity contribution >= 4 is 18.1 Å². The second-order valence-electron chi connectivity index (χ2n) is 5.65. The summed E-state index contributed by atoms with van der Waals surface area (Å²) in [5.41, 5.74) is -0.0202. The normalized spacial score (nSPS) is 25.9. The van der Waals surface area contributed by atoms with Gasteiger partial charge in [0.2, 0.25) is 5.91 Å². The van der Waals surface area contributed by atoms with E-state index in [1.165, 1.54) is 14.2 Å². The van der Waals surface area contributed by atoms with Gasteiger partial charge in [0.15, 0.2) is 4.77 Å². The molecule has 1 aromatic rings. The van der Waals surface area contributed by atoms with Crippen LogP contribution in [0.4, 0.5) is 0 Å². The topological polar surface area (TPSA) is 104 Å². The molecule has 2 heterocycles. The molecule has 0 aliphatic carbocycles. The van der Waals surface area contributed by atoms with E-state index in [0.717, 1.165) is 0 Å². The molecular formula is C15H23N3O6S. The van der Waals surface area contributed by atoms with Gasteiger partial charge in [-0.2, -0.15) is 0 Å². The first kappa shape index (κ1) is 19.7. The average Bonchev–Trinajstić information content (AvgIpc) is 2.93. The van der Waals surface area contributed by atoms with Crippen molar-refractivity contribution in [1.82, 2.24) is 14.9 Å². The molecule has 4 atom stereocenters. The zero-order valence-corrected chi connectivity index (χ0v) is 15.4. The van der Waals surface area contributed by atoms with Gasteiger partial charge in [0.05, 0.1) is 12.2 Å². The number of nitrogens with zero attached hydrogens (tertiary/aromatic N) is 1. The van der Waals surface area contributed by atoms with Crippen LogP contribution in [0.15, 0.2) is 11.0 Å². The monoisotopic (exact) mass is 373 g/mol. The fourth-order valence-electron chi connectivity index (χ4n) is 2.77. The number of aromatic amines is 1. The number of ether oxygens (including phenoxy) is 4. The lowest BCUT2D eigenvalue weighted by Crippen LogP contribution is -2.39. The number of carbonyl (C=O) groups excluding carboxylic acids is 1. The lowest BCUT2D eigenvalue weighted by molar-refractivity contribution is -0.131. The molecule has 1 amide bonds. The van der Waals surface area contributed by atoms with Crippen LogP contribution in [0, 0.1) is 4.77 Å². The van der Waals surface area contributed by atoms with Crippen LogP contribution >= 0.6 is 12.2 Å². The summed E-state index contributed by atoms with van der Waals surface area (Å²) in [6, 6.07) is 0. The Hall–Kier alpha value is -1.59. The molecule has 10 heteroatoms. The zero-order chi connectivity index (χ0) is 18.6. The van der Waals surface area contributed by atoms with Crippen molar-refractivity contribution in [3.63, 3.8) is 0 Å². The third kappa shape index (κ3) is 4.33. The Morgan fingerprint density at radius 2 is 2.16 bits per heavy atom. The van der Waals surface area contributed by atoms with Crippen molar-refractivity contribution in [2.45, 2.75) is 24.4 Å². The quantitative estimate of drug-likeness (QED) is 0.631. The minimum Gasteiger partial charge on any atom is -0.382 e. The van der Waals surface area contributed by atoms with E-state index in [-0.39, 0.29) is 24.7 Å². The number of methoxy groups -OCH3 is 2. The zero-order valence-electron chi connectivity index (χ0n) is 14.6. The summed E-state index contributed by atoms with van der Waals surface area (Å²) in [4.78, 5) is 26.5. The highest BCUT2D eigenvalue weighted by molar-refractivity contribution is 7.71. The second kappa shape index (κ2) is 8.68. The third-order valence-electron chi connectivity index (χ3n) is 4.04. The van der Waals surface area contributed by atoms with Crippen molar-refractivity contribution in [1.29, 1.82) is 0 Å². The van der Waals surface area contributed by atoms with Crippen molar-refractivity contribution in [2.75, 3.05) is 34.5 Å². The van der Waals surface area contributed by atoms with E-state index in [9.17, 15) is 9.59 Å². The standard InChI is InChI=1S/C15H23N3O6S/c1-16-10(19)7-23-13-11(24-9(6-21-3)12(13)22-4)8-5-18(2)15(25)17-14(8)20/h5,9,11-13H,6-7H2,1-4H3,(H,16,19)(H,17,20,25)/t9-,11+,12?,13?/m1/s1. The fraction of sp³-hybridized carbons (Fsp3) is 0.667. The van der Waals surface area contributed by atoms with Crippen molar-refractivity contribution in [2.24, 2.45) is 7.05 Å². The number of hydrogen-bond acceptors (Lipinski definition) is 7. The van der Waals surface area contributed by atoms with Crippen molar-refractivity contribution in [3.8, 4) is 0 Å². The molecule has 0 bridgehead atoms. The Labute approximate surface area is 150 Å².